The summed E-state index contributed by atoms with van der Waals surface area (Å²) in [6.45, 7) is 1.46. The first-order valence-electron chi connectivity index (χ1n) is 6.06. The van der Waals surface area contributed by atoms with E-state index >= 15 is 0 Å². The molecule has 7 nitrogen and oxygen atoms in total. The third-order valence-electron chi connectivity index (χ3n) is 3.30. The van der Waals surface area contributed by atoms with Crippen LogP contribution in [0.15, 0.2) is 12.3 Å². The van der Waals surface area contributed by atoms with Gasteiger partial charge in [-0.05, 0) is 18.8 Å². The van der Waals surface area contributed by atoms with Gasteiger partial charge in [-0.25, -0.2) is 4.98 Å². The summed E-state index contributed by atoms with van der Waals surface area (Å²) < 4.78 is 0. The zero-order chi connectivity index (χ0) is 13.8. The summed E-state index contributed by atoms with van der Waals surface area (Å²) in [6.07, 6.45) is 2.93. The highest BCUT2D eigenvalue weighted by Crippen LogP contribution is 2.31. The molecule has 0 spiro atoms. The molecule has 1 atom stereocenters. The molecule has 1 fully saturated rings. The first-order chi connectivity index (χ1) is 9.15. The second-order valence-corrected chi connectivity index (χ2v) is 4.55. The molecule has 1 unspecified atom stereocenters. The summed E-state index contributed by atoms with van der Waals surface area (Å²) in [6, 6.07) is 3.10. The molecule has 19 heavy (non-hydrogen) atoms. The molecule has 1 aliphatic rings. The Labute approximate surface area is 110 Å². The molecule has 0 aliphatic carbocycles. The number of aliphatic hydroxyl groups excluding tert-OH is 1. The normalized spacial score (nSPS) is 18.3. The topological polar surface area (TPSA) is 103 Å². The molecule has 0 radical (unpaired) electrons. The molecule has 0 bridgehead atoms. The van der Waals surface area contributed by atoms with Gasteiger partial charge in [-0.1, -0.05) is 0 Å². The molecule has 1 saturated heterocycles. The lowest BCUT2D eigenvalue weighted by molar-refractivity contribution is -0.384. The number of aromatic nitrogens is 1. The molecule has 2 heterocycles. The van der Waals surface area contributed by atoms with Crippen LogP contribution in [0.2, 0.25) is 0 Å². The number of aliphatic hydroxyl groups is 1. The zero-order valence-electron chi connectivity index (χ0n) is 10.3. The number of anilines is 1. The Morgan fingerprint density at radius 1 is 1.68 bits per heavy atom. The van der Waals surface area contributed by atoms with Crippen LogP contribution in [0, 0.1) is 27.4 Å². The number of nitro groups is 1. The lowest BCUT2D eigenvalue weighted by Gasteiger charge is -2.17. The second-order valence-electron chi connectivity index (χ2n) is 4.55. The Morgan fingerprint density at radius 3 is 3.11 bits per heavy atom. The average molecular weight is 262 g/mol. The van der Waals surface area contributed by atoms with E-state index in [-0.39, 0.29) is 17.9 Å². The van der Waals surface area contributed by atoms with Gasteiger partial charge in [-0.3, -0.25) is 10.1 Å². The Bertz CT molecular complexity index is 526. The van der Waals surface area contributed by atoms with E-state index in [9.17, 15) is 10.1 Å². The summed E-state index contributed by atoms with van der Waals surface area (Å²) >= 11 is 0. The van der Waals surface area contributed by atoms with Crippen molar-refractivity contribution in [2.24, 2.45) is 5.92 Å². The van der Waals surface area contributed by atoms with E-state index in [1.54, 1.807) is 0 Å². The Balaban J connectivity index is 2.25. The fourth-order valence-electron chi connectivity index (χ4n) is 2.33. The minimum atomic E-state index is -0.511. The van der Waals surface area contributed by atoms with Crippen molar-refractivity contribution in [3.8, 4) is 6.07 Å². The van der Waals surface area contributed by atoms with Crippen LogP contribution < -0.4 is 4.90 Å². The minimum absolute atomic E-state index is 0.126. The Morgan fingerprint density at radius 2 is 2.47 bits per heavy atom. The minimum Gasteiger partial charge on any atom is -0.396 e. The highest BCUT2D eigenvalue weighted by atomic mass is 16.6. The van der Waals surface area contributed by atoms with E-state index in [0.29, 0.717) is 31.2 Å². The van der Waals surface area contributed by atoms with Crippen molar-refractivity contribution in [3.63, 3.8) is 0 Å². The van der Waals surface area contributed by atoms with Crippen LogP contribution in [-0.2, 0) is 0 Å². The van der Waals surface area contributed by atoms with Crippen molar-refractivity contribution in [1.29, 1.82) is 5.26 Å². The largest absolute Gasteiger partial charge is 0.396 e. The van der Waals surface area contributed by atoms with Crippen molar-refractivity contribution < 1.29 is 10.0 Å². The molecular formula is C12H14N4O3. The summed E-state index contributed by atoms with van der Waals surface area (Å²) in [5.74, 6) is 0.645. The van der Waals surface area contributed by atoms with Crippen LogP contribution in [0.25, 0.3) is 0 Å². The zero-order valence-corrected chi connectivity index (χ0v) is 10.3. The SMILES string of the molecule is N#Cc1cnc(N2CCC(CCO)C2)c([N+](=O)[O-])c1. The van der Waals surface area contributed by atoms with E-state index in [1.165, 1.54) is 12.3 Å². The predicted molar refractivity (Wildman–Crippen MR) is 67.6 cm³/mol. The van der Waals surface area contributed by atoms with Gasteiger partial charge < -0.3 is 10.0 Å². The van der Waals surface area contributed by atoms with E-state index in [1.807, 2.05) is 11.0 Å². The van der Waals surface area contributed by atoms with Crippen LogP contribution in [0.5, 0.6) is 0 Å². The summed E-state index contributed by atoms with van der Waals surface area (Å²) in [5.41, 5.74) is 0.0465. The van der Waals surface area contributed by atoms with Crippen LogP contribution in [-0.4, -0.2) is 34.7 Å². The van der Waals surface area contributed by atoms with Gasteiger partial charge in [0.1, 0.15) is 6.07 Å². The Kier molecular flexibility index (Phi) is 3.92. The maximum atomic E-state index is 11.0. The molecule has 1 aromatic heterocycles. The van der Waals surface area contributed by atoms with Gasteiger partial charge in [0, 0.05) is 32.0 Å². The molecule has 1 N–H and O–H groups in total. The van der Waals surface area contributed by atoms with Crippen molar-refractivity contribution in [2.45, 2.75) is 12.8 Å². The summed E-state index contributed by atoms with van der Waals surface area (Å²) in [4.78, 5) is 16.4. The number of hydrogen-bond donors (Lipinski definition) is 1. The van der Waals surface area contributed by atoms with Gasteiger partial charge >= 0.3 is 5.69 Å². The molecule has 0 amide bonds. The van der Waals surface area contributed by atoms with E-state index < -0.39 is 4.92 Å². The molecule has 7 heteroatoms. The molecule has 1 aromatic rings. The fraction of sp³-hybridized carbons (Fsp3) is 0.500. The standard InChI is InChI=1S/C12H14N4O3/c13-6-10-5-11(16(18)19)12(14-7-10)15-3-1-9(8-15)2-4-17/h5,7,9,17H,1-4,8H2. The number of hydrogen-bond acceptors (Lipinski definition) is 6. The molecule has 2 rings (SSSR count). The first kappa shape index (κ1) is 13.2. The van der Waals surface area contributed by atoms with Crippen molar-refractivity contribution in [1.82, 2.24) is 4.98 Å². The highest BCUT2D eigenvalue weighted by Gasteiger charge is 2.28. The van der Waals surface area contributed by atoms with Gasteiger partial charge in [0.2, 0.25) is 5.82 Å². The molecule has 1 aliphatic heterocycles. The van der Waals surface area contributed by atoms with Crippen molar-refractivity contribution in [2.75, 3.05) is 24.6 Å². The van der Waals surface area contributed by atoms with Gasteiger partial charge in [0.25, 0.3) is 0 Å². The van der Waals surface area contributed by atoms with Gasteiger partial charge in [-0.2, -0.15) is 5.26 Å². The maximum absolute atomic E-state index is 11.0. The van der Waals surface area contributed by atoms with E-state index in [2.05, 4.69) is 4.98 Å². The highest BCUT2D eigenvalue weighted by molar-refractivity contribution is 5.60. The quantitative estimate of drug-likeness (QED) is 0.643. The molecule has 0 saturated carbocycles. The lowest BCUT2D eigenvalue weighted by atomic mass is 10.1. The predicted octanol–water partition coefficient (Wildman–Crippen LogP) is 1.07. The fourth-order valence-corrected chi connectivity index (χ4v) is 2.33. The molecule has 0 aromatic carbocycles. The lowest BCUT2D eigenvalue weighted by Crippen LogP contribution is -2.22. The third kappa shape index (κ3) is 2.80. The summed E-state index contributed by atoms with van der Waals surface area (Å²) in [5, 5.41) is 28.7. The van der Waals surface area contributed by atoms with Crippen molar-refractivity contribution >= 4 is 11.5 Å². The van der Waals surface area contributed by atoms with Gasteiger partial charge in [0.15, 0.2) is 0 Å². The van der Waals surface area contributed by atoms with Gasteiger partial charge in [0.05, 0.1) is 10.5 Å². The summed E-state index contributed by atoms with van der Waals surface area (Å²) in [7, 11) is 0. The second kappa shape index (κ2) is 5.63. The number of rotatable bonds is 4. The van der Waals surface area contributed by atoms with Crippen molar-refractivity contribution in [3.05, 3.63) is 27.9 Å². The number of nitriles is 1. The van der Waals surface area contributed by atoms with Crippen LogP contribution in [0.3, 0.4) is 0 Å². The van der Waals surface area contributed by atoms with Crippen LogP contribution in [0.4, 0.5) is 11.5 Å². The molecule has 100 valence electrons. The number of pyridine rings is 1. The smallest absolute Gasteiger partial charge is 0.312 e. The first-order valence-corrected chi connectivity index (χ1v) is 6.06. The number of nitrogens with zero attached hydrogens (tertiary/aromatic N) is 4. The Hall–Kier alpha value is -2.20. The van der Waals surface area contributed by atoms with Crippen LogP contribution in [0.1, 0.15) is 18.4 Å². The van der Waals surface area contributed by atoms with Crippen LogP contribution >= 0.6 is 0 Å². The monoisotopic (exact) mass is 262 g/mol. The maximum Gasteiger partial charge on any atom is 0.312 e. The molecular weight excluding hydrogens is 248 g/mol. The van der Waals surface area contributed by atoms with Gasteiger partial charge in [-0.15, -0.1) is 0 Å². The third-order valence-corrected chi connectivity index (χ3v) is 3.30. The van der Waals surface area contributed by atoms with E-state index in [0.717, 1.165) is 6.42 Å². The van der Waals surface area contributed by atoms with E-state index in [4.69, 9.17) is 10.4 Å². The average Bonchev–Trinajstić information content (AvgIpc) is 2.87.